The second kappa shape index (κ2) is 8.88. The van der Waals surface area contributed by atoms with Gasteiger partial charge in [0.2, 0.25) is 0 Å². The molecule has 0 unspecified atom stereocenters. The zero-order valence-corrected chi connectivity index (χ0v) is 19.6. The summed E-state index contributed by atoms with van der Waals surface area (Å²) in [5.41, 5.74) is 4.12. The van der Waals surface area contributed by atoms with Crippen LogP contribution in [-0.2, 0) is 5.60 Å². The van der Waals surface area contributed by atoms with Crippen molar-refractivity contribution in [1.29, 1.82) is 0 Å². The van der Waals surface area contributed by atoms with Crippen LogP contribution in [-0.4, -0.2) is 39.0 Å². The lowest BCUT2D eigenvalue weighted by Gasteiger charge is -2.36. The van der Waals surface area contributed by atoms with E-state index in [1.165, 1.54) is 0 Å². The number of halogens is 1. The Morgan fingerprint density at radius 2 is 1.82 bits per heavy atom. The van der Waals surface area contributed by atoms with Crippen molar-refractivity contribution in [2.45, 2.75) is 44.6 Å². The Morgan fingerprint density at radius 3 is 2.52 bits per heavy atom. The molecular formula is C27H28ClN3O2. The van der Waals surface area contributed by atoms with Crippen LogP contribution in [0.1, 0.15) is 55.1 Å². The molecule has 3 aromatic rings. The Bertz CT molecular complexity index is 1180. The first kappa shape index (κ1) is 22.1. The van der Waals surface area contributed by atoms with Gasteiger partial charge in [-0.3, -0.25) is 14.8 Å². The van der Waals surface area contributed by atoms with Gasteiger partial charge in [-0.1, -0.05) is 24.6 Å². The molecule has 1 aliphatic heterocycles. The fourth-order valence-corrected chi connectivity index (χ4v) is 4.94. The van der Waals surface area contributed by atoms with E-state index < -0.39 is 5.60 Å². The lowest BCUT2D eigenvalue weighted by molar-refractivity contribution is -0.0425. The zero-order chi connectivity index (χ0) is 23.0. The van der Waals surface area contributed by atoms with Gasteiger partial charge in [0.1, 0.15) is 5.60 Å². The number of rotatable bonds is 4. The minimum atomic E-state index is -0.806. The molecule has 33 heavy (non-hydrogen) atoms. The fourth-order valence-electron chi connectivity index (χ4n) is 4.65. The summed E-state index contributed by atoms with van der Waals surface area (Å²) in [4.78, 5) is 23.7. The number of benzene rings is 1. The third kappa shape index (κ3) is 4.40. The van der Waals surface area contributed by atoms with Gasteiger partial charge in [-0.15, -0.1) is 0 Å². The van der Waals surface area contributed by atoms with Crippen molar-refractivity contribution in [2.75, 3.05) is 13.1 Å². The first-order chi connectivity index (χ1) is 15.9. The Balaban J connectivity index is 1.40. The predicted molar refractivity (Wildman–Crippen MR) is 130 cm³/mol. The van der Waals surface area contributed by atoms with Crippen LogP contribution in [0.3, 0.4) is 0 Å². The number of pyridine rings is 2. The first-order valence-corrected chi connectivity index (χ1v) is 12.0. The summed E-state index contributed by atoms with van der Waals surface area (Å²) in [6.07, 6.45) is 9.93. The lowest BCUT2D eigenvalue weighted by atomic mass is 9.77. The lowest BCUT2D eigenvalue weighted by Crippen LogP contribution is -2.37. The van der Waals surface area contributed by atoms with Gasteiger partial charge in [0.25, 0.3) is 5.91 Å². The molecule has 1 amide bonds. The van der Waals surface area contributed by atoms with E-state index in [9.17, 15) is 9.90 Å². The largest absolute Gasteiger partial charge is 0.384 e. The normalized spacial score (nSPS) is 18.1. The molecule has 1 saturated carbocycles. The minimum Gasteiger partial charge on any atom is -0.384 e. The van der Waals surface area contributed by atoms with Crippen LogP contribution in [0.15, 0.2) is 55.0 Å². The average Bonchev–Trinajstić information content (AvgIpc) is 2.82. The summed E-state index contributed by atoms with van der Waals surface area (Å²) >= 11 is 6.64. The summed E-state index contributed by atoms with van der Waals surface area (Å²) in [6, 6.07) is 11.4. The Hall–Kier alpha value is -2.76. The van der Waals surface area contributed by atoms with Crippen LogP contribution in [0.25, 0.3) is 22.3 Å². The Morgan fingerprint density at radius 1 is 1.06 bits per heavy atom. The fraction of sp³-hybridized carbons (Fsp3) is 0.370. The molecule has 0 spiro atoms. The van der Waals surface area contributed by atoms with Crippen molar-refractivity contribution >= 4 is 17.5 Å². The maximum atomic E-state index is 12.9. The van der Waals surface area contributed by atoms with E-state index >= 15 is 0 Å². The summed E-state index contributed by atoms with van der Waals surface area (Å²) in [6.45, 7) is 3.83. The number of aromatic nitrogens is 2. The van der Waals surface area contributed by atoms with Crippen molar-refractivity contribution in [3.8, 4) is 22.3 Å². The average molecular weight is 462 g/mol. The van der Waals surface area contributed by atoms with E-state index in [-0.39, 0.29) is 5.91 Å². The van der Waals surface area contributed by atoms with Gasteiger partial charge < -0.3 is 10.0 Å². The van der Waals surface area contributed by atoms with Gasteiger partial charge in [-0.2, -0.15) is 0 Å². The topological polar surface area (TPSA) is 66.3 Å². The number of aliphatic hydroxyl groups is 1. The molecular weight excluding hydrogens is 434 g/mol. The summed E-state index contributed by atoms with van der Waals surface area (Å²) in [5, 5.41) is 11.2. The smallest absolute Gasteiger partial charge is 0.253 e. The molecule has 1 aromatic carbocycles. The van der Waals surface area contributed by atoms with Crippen LogP contribution < -0.4 is 0 Å². The molecule has 3 heterocycles. The standard InChI is InChI=1S/C27H28ClN3O2/c1-18-6-11-31(12-7-18)26(32)20-3-4-23(24(28)14-20)22-13-21(16-29-17-22)19-5-10-30-25(15-19)27(33)8-2-9-27/h3-5,10,13-18,33H,2,6-9,11-12H2,1H3. The molecule has 5 rings (SSSR count). The highest BCUT2D eigenvalue weighted by Crippen LogP contribution is 2.41. The van der Waals surface area contributed by atoms with E-state index in [2.05, 4.69) is 16.9 Å². The van der Waals surface area contributed by atoms with Crippen LogP contribution in [0.2, 0.25) is 5.02 Å². The molecule has 1 aliphatic carbocycles. The zero-order valence-electron chi connectivity index (χ0n) is 18.8. The van der Waals surface area contributed by atoms with Gasteiger partial charge in [-0.25, -0.2) is 0 Å². The van der Waals surface area contributed by atoms with Crippen molar-refractivity contribution in [3.63, 3.8) is 0 Å². The highest BCUT2D eigenvalue weighted by Gasteiger charge is 2.37. The van der Waals surface area contributed by atoms with Crippen molar-refractivity contribution in [3.05, 3.63) is 71.3 Å². The molecule has 2 fully saturated rings. The molecule has 0 bridgehead atoms. The van der Waals surface area contributed by atoms with Crippen LogP contribution in [0.5, 0.6) is 0 Å². The van der Waals surface area contributed by atoms with Gasteiger partial charge in [-0.05, 0) is 73.9 Å². The number of likely N-dealkylation sites (tertiary alicyclic amines) is 1. The first-order valence-electron chi connectivity index (χ1n) is 11.7. The van der Waals surface area contributed by atoms with Crippen molar-refractivity contribution in [2.24, 2.45) is 5.92 Å². The van der Waals surface area contributed by atoms with Crippen LogP contribution >= 0.6 is 11.6 Å². The number of nitrogens with zero attached hydrogens (tertiary/aromatic N) is 3. The van der Waals surface area contributed by atoms with Crippen molar-refractivity contribution < 1.29 is 9.90 Å². The molecule has 1 saturated heterocycles. The highest BCUT2D eigenvalue weighted by atomic mass is 35.5. The number of piperidine rings is 1. The number of hydrogen-bond acceptors (Lipinski definition) is 4. The van der Waals surface area contributed by atoms with Gasteiger partial charge in [0, 0.05) is 59.0 Å². The van der Waals surface area contributed by atoms with E-state index in [1.54, 1.807) is 24.7 Å². The SMILES string of the molecule is CC1CCN(C(=O)c2ccc(-c3cncc(-c4ccnc(C5(O)CCC5)c4)c3)c(Cl)c2)CC1. The summed E-state index contributed by atoms with van der Waals surface area (Å²) in [5.74, 6) is 0.716. The molecule has 5 nitrogen and oxygen atoms in total. The predicted octanol–water partition coefficient (Wildman–Crippen LogP) is 5.71. The molecule has 2 aliphatic rings. The quantitative estimate of drug-likeness (QED) is 0.540. The Kier molecular flexibility index (Phi) is 5.94. The van der Waals surface area contributed by atoms with Crippen LogP contribution in [0.4, 0.5) is 0 Å². The molecule has 0 radical (unpaired) electrons. The third-order valence-corrected chi connectivity index (χ3v) is 7.40. The van der Waals surface area contributed by atoms with E-state index in [0.717, 1.165) is 67.4 Å². The van der Waals surface area contributed by atoms with E-state index in [4.69, 9.17) is 11.6 Å². The molecule has 0 atom stereocenters. The molecule has 170 valence electrons. The number of amides is 1. The number of carbonyl (C=O) groups excluding carboxylic acids is 1. The second-order valence-electron chi connectivity index (χ2n) is 9.45. The Labute approximate surface area is 199 Å². The maximum absolute atomic E-state index is 12.9. The summed E-state index contributed by atoms with van der Waals surface area (Å²) in [7, 11) is 0. The van der Waals surface area contributed by atoms with E-state index in [1.807, 2.05) is 35.2 Å². The molecule has 6 heteroatoms. The number of carbonyl (C=O) groups is 1. The monoisotopic (exact) mass is 461 g/mol. The number of hydrogen-bond donors (Lipinski definition) is 1. The molecule has 2 aromatic heterocycles. The van der Waals surface area contributed by atoms with Crippen LogP contribution in [0, 0.1) is 5.92 Å². The third-order valence-electron chi connectivity index (χ3n) is 7.09. The summed E-state index contributed by atoms with van der Waals surface area (Å²) < 4.78 is 0. The van der Waals surface area contributed by atoms with Gasteiger partial charge in [0.05, 0.1) is 5.69 Å². The molecule has 1 N–H and O–H groups in total. The van der Waals surface area contributed by atoms with Crippen molar-refractivity contribution in [1.82, 2.24) is 14.9 Å². The minimum absolute atomic E-state index is 0.0421. The second-order valence-corrected chi connectivity index (χ2v) is 9.85. The maximum Gasteiger partial charge on any atom is 0.253 e. The van der Waals surface area contributed by atoms with E-state index in [0.29, 0.717) is 22.2 Å². The van der Waals surface area contributed by atoms with Gasteiger partial charge in [0.15, 0.2) is 0 Å². The van der Waals surface area contributed by atoms with Gasteiger partial charge >= 0.3 is 0 Å². The highest BCUT2D eigenvalue weighted by molar-refractivity contribution is 6.33.